The lowest BCUT2D eigenvalue weighted by molar-refractivity contribution is -0.123. The van der Waals surface area contributed by atoms with Crippen LogP contribution in [-0.4, -0.2) is 18.0 Å². The van der Waals surface area contributed by atoms with Crippen LogP contribution in [0.2, 0.25) is 0 Å². The van der Waals surface area contributed by atoms with Crippen LogP contribution in [0, 0.1) is 0 Å². The second-order valence-corrected chi connectivity index (χ2v) is 7.94. The van der Waals surface area contributed by atoms with Gasteiger partial charge in [-0.05, 0) is 55.2 Å². The van der Waals surface area contributed by atoms with Crippen molar-refractivity contribution in [1.29, 1.82) is 0 Å². The molecule has 2 atom stereocenters. The van der Waals surface area contributed by atoms with E-state index in [2.05, 4.69) is 59.3 Å². The highest BCUT2D eigenvalue weighted by Crippen LogP contribution is 2.27. The van der Waals surface area contributed by atoms with Crippen molar-refractivity contribution in [3.63, 3.8) is 0 Å². The number of aryl methyl sites for hydroxylation is 1. The fourth-order valence-corrected chi connectivity index (χ4v) is 3.75. The zero-order valence-electron chi connectivity index (χ0n) is 15.1. The van der Waals surface area contributed by atoms with Gasteiger partial charge in [-0.15, -0.1) is 11.3 Å². The number of nitrogens with one attached hydrogen (secondary N) is 2. The second kappa shape index (κ2) is 8.63. The van der Waals surface area contributed by atoms with Gasteiger partial charge in [0, 0.05) is 10.9 Å². The predicted molar refractivity (Wildman–Crippen MR) is 105 cm³/mol. The molecule has 4 heteroatoms. The smallest absolute Gasteiger partial charge is 0.237 e. The first-order valence-corrected chi connectivity index (χ1v) is 10.2. The quantitative estimate of drug-likeness (QED) is 0.697. The van der Waals surface area contributed by atoms with Gasteiger partial charge < -0.3 is 5.32 Å². The number of carbonyl (C=O) groups excluding carboxylic acids is 1. The van der Waals surface area contributed by atoms with E-state index >= 15 is 0 Å². The van der Waals surface area contributed by atoms with Crippen LogP contribution in [0.1, 0.15) is 61.6 Å². The van der Waals surface area contributed by atoms with Crippen LogP contribution in [0.4, 0.5) is 0 Å². The maximum Gasteiger partial charge on any atom is 0.237 e. The van der Waals surface area contributed by atoms with Gasteiger partial charge in [-0.3, -0.25) is 10.1 Å². The summed E-state index contributed by atoms with van der Waals surface area (Å²) in [6.07, 6.45) is 5.81. The Labute approximate surface area is 154 Å². The van der Waals surface area contributed by atoms with E-state index in [0.29, 0.717) is 6.04 Å². The Morgan fingerprint density at radius 3 is 2.60 bits per heavy atom. The molecule has 1 amide bonds. The average molecular weight is 357 g/mol. The molecule has 0 spiro atoms. The van der Waals surface area contributed by atoms with Gasteiger partial charge in [0.15, 0.2) is 0 Å². The van der Waals surface area contributed by atoms with E-state index in [1.165, 1.54) is 28.8 Å². The molecule has 2 aromatic rings. The fraction of sp³-hybridized carbons (Fsp3) is 0.476. The SMILES string of the molecule is CCCCc1ccc([C@H](N[C@H](C)C(=O)NC2CC2)c2cccs2)cc1. The Kier molecular flexibility index (Phi) is 6.27. The average Bonchev–Trinajstić information content (AvgIpc) is 3.27. The predicted octanol–water partition coefficient (Wildman–Crippen LogP) is 4.44. The van der Waals surface area contributed by atoms with Crippen molar-refractivity contribution in [3.8, 4) is 0 Å². The van der Waals surface area contributed by atoms with Crippen molar-refractivity contribution in [2.45, 2.75) is 64.1 Å². The molecule has 1 fully saturated rings. The van der Waals surface area contributed by atoms with Gasteiger partial charge in [0.1, 0.15) is 0 Å². The van der Waals surface area contributed by atoms with Gasteiger partial charge in [-0.1, -0.05) is 43.7 Å². The standard InChI is InChI=1S/C21H28N2OS/c1-3-4-6-16-8-10-17(11-9-16)20(19-7-5-14-25-19)22-15(2)21(24)23-18-12-13-18/h5,7-11,14-15,18,20,22H,3-4,6,12-13H2,1-2H3,(H,23,24)/t15-,20+/m1/s1. The molecule has 0 radical (unpaired) electrons. The summed E-state index contributed by atoms with van der Waals surface area (Å²) in [5, 5.41) is 8.71. The number of thiophene rings is 1. The third-order valence-electron chi connectivity index (χ3n) is 4.69. The molecule has 0 unspecified atom stereocenters. The maximum absolute atomic E-state index is 12.3. The van der Waals surface area contributed by atoms with E-state index in [9.17, 15) is 4.79 Å². The van der Waals surface area contributed by atoms with E-state index in [0.717, 1.165) is 19.3 Å². The number of hydrogen-bond acceptors (Lipinski definition) is 3. The van der Waals surface area contributed by atoms with E-state index < -0.39 is 0 Å². The minimum Gasteiger partial charge on any atom is -0.352 e. The molecular formula is C21H28N2OS. The van der Waals surface area contributed by atoms with E-state index in [1.54, 1.807) is 11.3 Å². The molecule has 3 nitrogen and oxygen atoms in total. The van der Waals surface area contributed by atoms with Crippen molar-refractivity contribution in [1.82, 2.24) is 10.6 Å². The number of carbonyl (C=O) groups is 1. The van der Waals surface area contributed by atoms with Crippen molar-refractivity contribution < 1.29 is 4.79 Å². The molecule has 1 saturated carbocycles. The molecule has 0 aliphatic heterocycles. The largest absolute Gasteiger partial charge is 0.352 e. The van der Waals surface area contributed by atoms with Crippen LogP contribution in [0.3, 0.4) is 0 Å². The third-order valence-corrected chi connectivity index (χ3v) is 5.63. The highest BCUT2D eigenvalue weighted by molar-refractivity contribution is 7.10. The van der Waals surface area contributed by atoms with E-state index in [1.807, 2.05) is 6.92 Å². The Bertz CT molecular complexity index is 662. The number of hydrogen-bond donors (Lipinski definition) is 2. The Balaban J connectivity index is 1.72. The summed E-state index contributed by atoms with van der Waals surface area (Å²) < 4.78 is 0. The third kappa shape index (κ3) is 5.16. The molecule has 1 aliphatic rings. The van der Waals surface area contributed by atoms with Gasteiger partial charge in [0.2, 0.25) is 5.91 Å². The van der Waals surface area contributed by atoms with Gasteiger partial charge >= 0.3 is 0 Å². The van der Waals surface area contributed by atoms with Gasteiger partial charge in [0.25, 0.3) is 0 Å². The Morgan fingerprint density at radius 2 is 2.00 bits per heavy atom. The summed E-state index contributed by atoms with van der Waals surface area (Å²) in [6, 6.07) is 13.3. The van der Waals surface area contributed by atoms with Crippen molar-refractivity contribution in [3.05, 3.63) is 57.8 Å². The molecule has 2 N–H and O–H groups in total. The van der Waals surface area contributed by atoms with Gasteiger partial charge in [-0.2, -0.15) is 0 Å². The zero-order chi connectivity index (χ0) is 17.6. The van der Waals surface area contributed by atoms with Crippen LogP contribution in [0.5, 0.6) is 0 Å². The molecule has 0 bridgehead atoms. The molecule has 3 rings (SSSR count). The van der Waals surface area contributed by atoms with Gasteiger partial charge in [-0.25, -0.2) is 0 Å². The number of unbranched alkanes of at least 4 members (excludes halogenated alkanes) is 1. The number of benzene rings is 1. The first kappa shape index (κ1) is 18.2. The lowest BCUT2D eigenvalue weighted by atomic mass is 10.0. The molecular weight excluding hydrogens is 328 g/mol. The summed E-state index contributed by atoms with van der Waals surface area (Å²) in [4.78, 5) is 13.6. The van der Waals surface area contributed by atoms with Crippen molar-refractivity contribution in [2.24, 2.45) is 0 Å². The summed E-state index contributed by atoms with van der Waals surface area (Å²) in [6.45, 7) is 4.17. The minimum absolute atomic E-state index is 0.0557. The highest BCUT2D eigenvalue weighted by Gasteiger charge is 2.27. The lowest BCUT2D eigenvalue weighted by Gasteiger charge is -2.23. The highest BCUT2D eigenvalue weighted by atomic mass is 32.1. The van der Waals surface area contributed by atoms with Crippen LogP contribution < -0.4 is 10.6 Å². The van der Waals surface area contributed by atoms with Gasteiger partial charge in [0.05, 0.1) is 12.1 Å². The normalized spacial score (nSPS) is 16.4. The Morgan fingerprint density at radius 1 is 1.24 bits per heavy atom. The monoisotopic (exact) mass is 356 g/mol. The van der Waals surface area contributed by atoms with Crippen LogP contribution in [0.15, 0.2) is 41.8 Å². The van der Waals surface area contributed by atoms with Crippen LogP contribution in [0.25, 0.3) is 0 Å². The summed E-state index contributed by atoms with van der Waals surface area (Å²) in [5.41, 5.74) is 2.60. The fourth-order valence-electron chi connectivity index (χ4n) is 2.94. The van der Waals surface area contributed by atoms with E-state index in [-0.39, 0.29) is 18.0 Å². The molecule has 25 heavy (non-hydrogen) atoms. The summed E-state index contributed by atoms with van der Waals surface area (Å²) in [5.74, 6) is 0.101. The molecule has 1 heterocycles. The molecule has 1 aromatic heterocycles. The zero-order valence-corrected chi connectivity index (χ0v) is 15.9. The minimum atomic E-state index is -0.215. The lowest BCUT2D eigenvalue weighted by Crippen LogP contribution is -2.44. The summed E-state index contributed by atoms with van der Waals surface area (Å²) in [7, 11) is 0. The van der Waals surface area contributed by atoms with Crippen molar-refractivity contribution in [2.75, 3.05) is 0 Å². The molecule has 1 aliphatic carbocycles. The number of amides is 1. The molecule has 134 valence electrons. The van der Waals surface area contributed by atoms with Crippen molar-refractivity contribution >= 4 is 17.2 Å². The molecule has 0 saturated heterocycles. The first-order chi connectivity index (χ1) is 12.2. The Hall–Kier alpha value is -1.65. The van der Waals surface area contributed by atoms with E-state index in [4.69, 9.17) is 0 Å². The summed E-state index contributed by atoms with van der Waals surface area (Å²) >= 11 is 1.73. The van der Waals surface area contributed by atoms with Crippen LogP contribution in [-0.2, 0) is 11.2 Å². The van der Waals surface area contributed by atoms with Crippen LogP contribution >= 0.6 is 11.3 Å². The first-order valence-electron chi connectivity index (χ1n) is 9.36. The topological polar surface area (TPSA) is 41.1 Å². The molecule has 1 aromatic carbocycles. The second-order valence-electron chi connectivity index (χ2n) is 6.96. The number of rotatable bonds is 9. The maximum atomic E-state index is 12.3.